The Morgan fingerprint density at radius 2 is 1.83 bits per heavy atom. The number of aliphatic imine (C=N–C) groups is 1. The molecular formula is C22H38IN5O. The van der Waals surface area contributed by atoms with Gasteiger partial charge in [-0.25, -0.2) is 0 Å². The van der Waals surface area contributed by atoms with Crippen LogP contribution < -0.4 is 15.4 Å². The van der Waals surface area contributed by atoms with Crippen molar-refractivity contribution in [1.29, 1.82) is 0 Å². The minimum Gasteiger partial charge on any atom is -0.496 e. The number of likely N-dealkylation sites (tertiary alicyclic amines) is 1. The van der Waals surface area contributed by atoms with Crippen LogP contribution >= 0.6 is 24.0 Å². The number of nitrogens with zero attached hydrogens (tertiary/aromatic N) is 3. The van der Waals surface area contributed by atoms with Gasteiger partial charge in [0.25, 0.3) is 0 Å². The van der Waals surface area contributed by atoms with E-state index in [1.807, 2.05) is 13.1 Å². The first-order chi connectivity index (χ1) is 13.6. The van der Waals surface area contributed by atoms with Crippen LogP contribution in [0.2, 0.25) is 0 Å². The third kappa shape index (κ3) is 6.72. The molecule has 0 radical (unpaired) electrons. The zero-order valence-corrected chi connectivity index (χ0v) is 20.7. The Balaban J connectivity index is 0.00000300. The smallest absolute Gasteiger partial charge is 0.191 e. The summed E-state index contributed by atoms with van der Waals surface area (Å²) in [7, 11) is 7.95. The Labute approximate surface area is 193 Å². The lowest BCUT2D eigenvalue weighted by atomic mass is 10.0. The van der Waals surface area contributed by atoms with Gasteiger partial charge in [0.05, 0.1) is 13.2 Å². The van der Waals surface area contributed by atoms with Crippen LogP contribution in [0.5, 0.6) is 5.75 Å². The molecule has 1 aliphatic heterocycles. The maximum absolute atomic E-state index is 5.65. The van der Waals surface area contributed by atoms with Crippen molar-refractivity contribution in [3.63, 3.8) is 0 Å². The number of methoxy groups -OCH3 is 1. The molecule has 0 amide bonds. The highest BCUT2D eigenvalue weighted by Gasteiger charge is 2.32. The second-order valence-corrected chi connectivity index (χ2v) is 8.20. The van der Waals surface area contributed by atoms with Crippen molar-refractivity contribution < 1.29 is 4.74 Å². The van der Waals surface area contributed by atoms with E-state index in [-0.39, 0.29) is 30.0 Å². The molecule has 1 heterocycles. The summed E-state index contributed by atoms with van der Waals surface area (Å²) in [5, 5.41) is 7.12. The number of hydrogen-bond acceptors (Lipinski definition) is 4. The number of rotatable bonds is 9. The molecule has 1 saturated carbocycles. The average Bonchev–Trinajstić information content (AvgIpc) is 3.40. The quantitative estimate of drug-likeness (QED) is 0.301. The van der Waals surface area contributed by atoms with Gasteiger partial charge < -0.3 is 20.3 Å². The lowest BCUT2D eigenvalue weighted by Crippen LogP contribution is -2.47. The first kappa shape index (κ1) is 24.2. The van der Waals surface area contributed by atoms with Crippen molar-refractivity contribution >= 4 is 29.9 Å². The molecule has 0 bridgehead atoms. The first-order valence-corrected chi connectivity index (χ1v) is 10.6. The van der Waals surface area contributed by atoms with E-state index in [1.165, 1.54) is 31.2 Å². The zero-order chi connectivity index (χ0) is 19.9. The summed E-state index contributed by atoms with van der Waals surface area (Å²) in [5.41, 5.74) is 1.25. The van der Waals surface area contributed by atoms with Crippen LogP contribution in [0.25, 0.3) is 0 Å². The minimum atomic E-state index is 0. The van der Waals surface area contributed by atoms with E-state index in [0.29, 0.717) is 6.04 Å². The Bertz CT molecular complexity index is 642. The van der Waals surface area contributed by atoms with E-state index < -0.39 is 0 Å². The molecule has 1 saturated heterocycles. The molecule has 2 atom stereocenters. The van der Waals surface area contributed by atoms with Crippen LogP contribution in [-0.2, 0) is 0 Å². The van der Waals surface area contributed by atoms with Crippen molar-refractivity contribution in [2.24, 2.45) is 10.9 Å². The van der Waals surface area contributed by atoms with Gasteiger partial charge in [-0.2, -0.15) is 0 Å². The number of guanidine groups is 1. The van der Waals surface area contributed by atoms with Gasteiger partial charge >= 0.3 is 0 Å². The number of nitrogens with one attached hydrogen (secondary N) is 2. The molecule has 0 aromatic heterocycles. The maximum atomic E-state index is 5.65. The Morgan fingerprint density at radius 1 is 1.17 bits per heavy atom. The summed E-state index contributed by atoms with van der Waals surface area (Å²) in [6.07, 6.45) is 5.23. The van der Waals surface area contributed by atoms with Gasteiger partial charge in [0, 0.05) is 31.7 Å². The first-order valence-electron chi connectivity index (χ1n) is 10.6. The van der Waals surface area contributed by atoms with E-state index in [9.17, 15) is 0 Å². The van der Waals surface area contributed by atoms with E-state index >= 15 is 0 Å². The van der Waals surface area contributed by atoms with E-state index in [2.05, 4.69) is 57.7 Å². The highest BCUT2D eigenvalue weighted by atomic mass is 127. The van der Waals surface area contributed by atoms with Gasteiger partial charge in [0.1, 0.15) is 5.75 Å². The summed E-state index contributed by atoms with van der Waals surface area (Å²) in [4.78, 5) is 9.35. The molecule has 2 N–H and O–H groups in total. The van der Waals surface area contributed by atoms with Crippen molar-refractivity contribution in [3.05, 3.63) is 29.8 Å². The predicted octanol–water partition coefficient (Wildman–Crippen LogP) is 2.96. The monoisotopic (exact) mass is 515 g/mol. The molecule has 2 fully saturated rings. The van der Waals surface area contributed by atoms with Gasteiger partial charge in [-0.15, -0.1) is 24.0 Å². The number of hydrogen-bond donors (Lipinski definition) is 2. The summed E-state index contributed by atoms with van der Waals surface area (Å²) >= 11 is 0. The molecular weight excluding hydrogens is 477 g/mol. The molecule has 1 aromatic carbocycles. The normalized spacial score (nSPS) is 19.6. The summed E-state index contributed by atoms with van der Waals surface area (Å²) < 4.78 is 5.65. The Kier molecular flexibility index (Phi) is 9.98. The fourth-order valence-electron chi connectivity index (χ4n) is 4.30. The van der Waals surface area contributed by atoms with E-state index in [1.54, 1.807) is 7.11 Å². The van der Waals surface area contributed by atoms with Crippen LogP contribution in [0.3, 0.4) is 0 Å². The third-order valence-electron chi connectivity index (χ3n) is 6.07. The molecule has 164 valence electrons. The van der Waals surface area contributed by atoms with E-state index in [4.69, 9.17) is 4.74 Å². The van der Waals surface area contributed by atoms with Gasteiger partial charge in [0.2, 0.25) is 0 Å². The molecule has 2 unspecified atom stereocenters. The molecule has 6 nitrogen and oxygen atoms in total. The number of para-hydroxylation sites is 1. The number of ether oxygens (including phenoxy) is 1. The van der Waals surface area contributed by atoms with Crippen LogP contribution in [0.1, 0.15) is 37.3 Å². The van der Waals surface area contributed by atoms with E-state index in [0.717, 1.165) is 43.8 Å². The summed E-state index contributed by atoms with van der Waals surface area (Å²) in [5.74, 6) is 2.67. The maximum Gasteiger partial charge on any atom is 0.191 e. The standard InChI is InChI=1S/C22H37N5O.HI/c1-23-22(24-15-19(26(2)3)17-11-12-17)25-16-20(27-13-7-8-14-27)18-9-5-6-10-21(18)28-4;/h5-6,9-10,17,19-20H,7-8,11-16H2,1-4H3,(H2,23,24,25);1H. The fourth-order valence-corrected chi connectivity index (χ4v) is 4.30. The van der Waals surface area contributed by atoms with Gasteiger partial charge in [-0.05, 0) is 64.9 Å². The molecule has 1 aliphatic carbocycles. The third-order valence-corrected chi connectivity index (χ3v) is 6.07. The highest BCUT2D eigenvalue weighted by molar-refractivity contribution is 14.0. The Hall–Kier alpha value is -1.06. The topological polar surface area (TPSA) is 52.1 Å². The van der Waals surface area contributed by atoms with Crippen LogP contribution in [0.4, 0.5) is 0 Å². The highest BCUT2D eigenvalue weighted by Crippen LogP contribution is 2.34. The van der Waals surface area contributed by atoms with Crippen molar-refractivity contribution in [1.82, 2.24) is 20.4 Å². The molecule has 2 aliphatic rings. The van der Waals surface area contributed by atoms with Crippen molar-refractivity contribution in [2.75, 3.05) is 54.4 Å². The Morgan fingerprint density at radius 3 is 2.41 bits per heavy atom. The van der Waals surface area contributed by atoms with Crippen LogP contribution in [0, 0.1) is 5.92 Å². The van der Waals surface area contributed by atoms with Crippen LogP contribution in [-0.4, -0.2) is 76.2 Å². The van der Waals surface area contributed by atoms with Crippen molar-refractivity contribution in [3.8, 4) is 5.75 Å². The number of likely N-dealkylation sites (N-methyl/N-ethyl adjacent to an activating group) is 1. The molecule has 0 spiro atoms. The molecule has 3 rings (SSSR count). The lowest BCUT2D eigenvalue weighted by Gasteiger charge is -2.30. The SMILES string of the molecule is CN=C(NCC(C1CC1)N(C)C)NCC(c1ccccc1OC)N1CCCC1.I. The lowest BCUT2D eigenvalue weighted by molar-refractivity contribution is 0.238. The minimum absolute atomic E-state index is 0. The summed E-state index contributed by atoms with van der Waals surface area (Å²) in [6, 6.07) is 9.24. The second-order valence-electron chi connectivity index (χ2n) is 8.20. The largest absolute Gasteiger partial charge is 0.496 e. The van der Waals surface area contributed by atoms with Gasteiger partial charge in [-0.3, -0.25) is 9.89 Å². The molecule has 1 aromatic rings. The zero-order valence-electron chi connectivity index (χ0n) is 18.4. The van der Waals surface area contributed by atoms with Gasteiger partial charge in [-0.1, -0.05) is 18.2 Å². The fraction of sp³-hybridized carbons (Fsp3) is 0.682. The molecule has 29 heavy (non-hydrogen) atoms. The summed E-state index contributed by atoms with van der Waals surface area (Å²) in [6.45, 7) is 4.03. The second kappa shape index (κ2) is 12.0. The predicted molar refractivity (Wildman–Crippen MR) is 132 cm³/mol. The van der Waals surface area contributed by atoms with Crippen LogP contribution in [0.15, 0.2) is 29.3 Å². The van der Waals surface area contributed by atoms with Gasteiger partial charge in [0.15, 0.2) is 5.96 Å². The van der Waals surface area contributed by atoms with Crippen molar-refractivity contribution in [2.45, 2.75) is 37.8 Å². The average molecular weight is 515 g/mol. The number of benzene rings is 1. The molecule has 7 heteroatoms. The number of halogens is 1.